The van der Waals surface area contributed by atoms with Crippen LogP contribution in [0, 0.1) is 6.92 Å². The van der Waals surface area contributed by atoms with E-state index < -0.39 is 0 Å². The minimum Gasteiger partial charge on any atom is -0.340 e. The van der Waals surface area contributed by atoms with Crippen molar-refractivity contribution in [2.45, 2.75) is 20.3 Å². The summed E-state index contributed by atoms with van der Waals surface area (Å²) in [5.74, 6) is 0.476. The lowest BCUT2D eigenvalue weighted by Crippen LogP contribution is -2.14. The van der Waals surface area contributed by atoms with Crippen molar-refractivity contribution in [3.05, 3.63) is 71.9 Å². The molecule has 0 saturated carbocycles. The predicted octanol–water partition coefficient (Wildman–Crippen LogP) is 3.74. The molecule has 0 fully saturated rings. The minimum absolute atomic E-state index is 0.231. The van der Waals surface area contributed by atoms with Crippen molar-refractivity contribution in [2.75, 3.05) is 10.6 Å². The number of pyridine rings is 1. The molecular weight excluding hydrogens is 314 g/mol. The second kappa shape index (κ2) is 7.53. The predicted molar refractivity (Wildman–Crippen MR) is 98.1 cm³/mol. The molecule has 2 heterocycles. The molecule has 0 aliphatic rings. The van der Waals surface area contributed by atoms with Crippen molar-refractivity contribution in [1.29, 1.82) is 0 Å². The highest BCUT2D eigenvalue weighted by Gasteiger charge is 2.10. The number of aryl methyl sites for hydroxylation is 2. The van der Waals surface area contributed by atoms with E-state index >= 15 is 0 Å². The second-order valence-electron chi connectivity index (χ2n) is 5.56. The highest BCUT2D eigenvalue weighted by atomic mass is 16.1. The number of hydrogen-bond acceptors (Lipinski definition) is 5. The number of carbonyl (C=O) groups is 1. The van der Waals surface area contributed by atoms with Crippen molar-refractivity contribution in [3.8, 4) is 0 Å². The van der Waals surface area contributed by atoms with Crippen LogP contribution in [0.15, 0.2) is 55.0 Å². The van der Waals surface area contributed by atoms with E-state index in [2.05, 4.69) is 25.6 Å². The zero-order chi connectivity index (χ0) is 17.6. The Bertz CT molecular complexity index is 880. The molecule has 126 valence electrons. The lowest BCUT2D eigenvalue weighted by molar-refractivity contribution is 0.102. The van der Waals surface area contributed by atoms with Gasteiger partial charge >= 0.3 is 0 Å². The molecule has 3 rings (SSSR count). The summed E-state index contributed by atoms with van der Waals surface area (Å²) in [6, 6.07) is 13.0. The van der Waals surface area contributed by atoms with Crippen LogP contribution >= 0.6 is 0 Å². The van der Waals surface area contributed by atoms with E-state index in [9.17, 15) is 4.79 Å². The van der Waals surface area contributed by atoms with Gasteiger partial charge in [0.25, 0.3) is 5.91 Å². The highest BCUT2D eigenvalue weighted by molar-refractivity contribution is 6.03. The number of nitrogens with one attached hydrogen (secondary N) is 2. The van der Waals surface area contributed by atoms with E-state index in [4.69, 9.17) is 0 Å². The molecule has 2 aromatic heterocycles. The van der Waals surface area contributed by atoms with Gasteiger partial charge in [-0.15, -0.1) is 0 Å². The summed E-state index contributed by atoms with van der Waals surface area (Å²) in [7, 11) is 0. The van der Waals surface area contributed by atoms with Gasteiger partial charge in [-0.25, -0.2) is 9.97 Å². The molecule has 0 spiro atoms. The maximum Gasteiger partial charge on any atom is 0.274 e. The maximum atomic E-state index is 12.4. The van der Waals surface area contributed by atoms with Gasteiger partial charge in [0.05, 0.1) is 0 Å². The van der Waals surface area contributed by atoms with E-state index in [1.165, 1.54) is 6.33 Å². The fourth-order valence-electron chi connectivity index (χ4n) is 2.43. The first-order valence-corrected chi connectivity index (χ1v) is 8.06. The van der Waals surface area contributed by atoms with Gasteiger partial charge in [0.15, 0.2) is 0 Å². The molecule has 0 aliphatic heterocycles. The largest absolute Gasteiger partial charge is 0.340 e. The minimum atomic E-state index is -0.231. The van der Waals surface area contributed by atoms with Crippen molar-refractivity contribution in [2.24, 2.45) is 0 Å². The van der Waals surface area contributed by atoms with Gasteiger partial charge < -0.3 is 10.6 Å². The number of rotatable bonds is 5. The average Bonchev–Trinajstić information content (AvgIpc) is 2.63. The normalized spacial score (nSPS) is 10.3. The first kappa shape index (κ1) is 16.6. The van der Waals surface area contributed by atoms with E-state index in [0.29, 0.717) is 11.5 Å². The first-order valence-electron chi connectivity index (χ1n) is 8.06. The van der Waals surface area contributed by atoms with E-state index in [1.807, 2.05) is 38.1 Å². The first-order chi connectivity index (χ1) is 12.2. The van der Waals surface area contributed by atoms with Gasteiger partial charge in [0.2, 0.25) is 0 Å². The molecule has 0 radical (unpaired) electrons. The Morgan fingerprint density at radius 1 is 1.08 bits per heavy atom. The Morgan fingerprint density at radius 2 is 1.96 bits per heavy atom. The number of carbonyl (C=O) groups excluding carboxylic acids is 1. The molecule has 6 nitrogen and oxygen atoms in total. The lowest BCUT2D eigenvalue weighted by atomic mass is 10.1. The third-order valence-corrected chi connectivity index (χ3v) is 3.71. The summed E-state index contributed by atoms with van der Waals surface area (Å²) in [5, 5.41) is 6.17. The molecule has 6 heteroatoms. The van der Waals surface area contributed by atoms with Crippen molar-refractivity contribution in [3.63, 3.8) is 0 Å². The van der Waals surface area contributed by atoms with Crippen molar-refractivity contribution < 1.29 is 4.79 Å². The fraction of sp³-hybridized carbons (Fsp3) is 0.158. The van der Waals surface area contributed by atoms with Crippen LogP contribution in [0.4, 0.5) is 17.2 Å². The van der Waals surface area contributed by atoms with Crippen LogP contribution in [0.1, 0.15) is 28.7 Å². The van der Waals surface area contributed by atoms with Crippen LogP contribution in [-0.4, -0.2) is 20.9 Å². The molecular formula is C19H19N5O. The molecule has 0 unspecified atom stereocenters. The van der Waals surface area contributed by atoms with Gasteiger partial charge in [0.1, 0.15) is 17.8 Å². The molecule has 0 saturated heterocycles. The van der Waals surface area contributed by atoms with E-state index in [1.54, 1.807) is 24.4 Å². The summed E-state index contributed by atoms with van der Waals surface area (Å²) < 4.78 is 0. The number of nitrogens with zero attached hydrogens (tertiary/aromatic N) is 3. The lowest BCUT2D eigenvalue weighted by Gasteiger charge is -2.13. The van der Waals surface area contributed by atoms with Gasteiger partial charge in [-0.1, -0.05) is 19.1 Å². The fourth-order valence-corrected chi connectivity index (χ4v) is 2.43. The maximum absolute atomic E-state index is 12.4. The van der Waals surface area contributed by atoms with Gasteiger partial charge in [-0.05, 0) is 43.2 Å². The van der Waals surface area contributed by atoms with Crippen LogP contribution in [-0.2, 0) is 6.42 Å². The summed E-state index contributed by atoms with van der Waals surface area (Å²) in [6.07, 6.45) is 3.93. The van der Waals surface area contributed by atoms with Gasteiger partial charge in [-0.3, -0.25) is 9.78 Å². The van der Waals surface area contributed by atoms with Crippen LogP contribution in [0.5, 0.6) is 0 Å². The topological polar surface area (TPSA) is 79.8 Å². The number of aromatic nitrogens is 3. The van der Waals surface area contributed by atoms with Crippen LogP contribution in [0.2, 0.25) is 0 Å². The Labute approximate surface area is 146 Å². The molecule has 0 aliphatic carbocycles. The number of benzene rings is 1. The highest BCUT2D eigenvalue weighted by Crippen LogP contribution is 2.24. The summed E-state index contributed by atoms with van der Waals surface area (Å²) >= 11 is 0. The average molecular weight is 333 g/mol. The summed E-state index contributed by atoms with van der Waals surface area (Å²) in [6.45, 7) is 3.96. The molecule has 1 amide bonds. The molecule has 2 N–H and O–H groups in total. The van der Waals surface area contributed by atoms with E-state index in [0.717, 1.165) is 29.1 Å². The Balaban J connectivity index is 1.84. The standard InChI is InChI=1S/C19H19N5O/c1-3-14-7-8-15(23-18-10-13(2)21-12-22-18)11-17(14)24-19(25)16-6-4-5-9-20-16/h4-12H,3H2,1-2H3,(H,24,25)(H,21,22,23). The van der Waals surface area contributed by atoms with Crippen LogP contribution < -0.4 is 10.6 Å². The van der Waals surface area contributed by atoms with E-state index in [-0.39, 0.29) is 5.91 Å². The van der Waals surface area contributed by atoms with Gasteiger partial charge in [-0.2, -0.15) is 0 Å². The van der Waals surface area contributed by atoms with Gasteiger partial charge in [0, 0.05) is 29.3 Å². The molecule has 25 heavy (non-hydrogen) atoms. The second-order valence-corrected chi connectivity index (χ2v) is 5.56. The SMILES string of the molecule is CCc1ccc(Nc2cc(C)ncn2)cc1NC(=O)c1ccccn1. The Hall–Kier alpha value is -3.28. The van der Waals surface area contributed by atoms with Crippen molar-refractivity contribution >= 4 is 23.1 Å². The summed E-state index contributed by atoms with van der Waals surface area (Å²) in [5.41, 5.74) is 3.91. The van der Waals surface area contributed by atoms with Crippen LogP contribution in [0.25, 0.3) is 0 Å². The third-order valence-electron chi connectivity index (χ3n) is 3.71. The quantitative estimate of drug-likeness (QED) is 0.743. The number of anilines is 3. The van der Waals surface area contributed by atoms with Crippen molar-refractivity contribution in [1.82, 2.24) is 15.0 Å². The molecule has 1 aromatic carbocycles. The zero-order valence-corrected chi connectivity index (χ0v) is 14.2. The number of amides is 1. The molecule has 0 bridgehead atoms. The Morgan fingerprint density at radius 3 is 2.68 bits per heavy atom. The smallest absolute Gasteiger partial charge is 0.274 e. The number of hydrogen-bond donors (Lipinski definition) is 2. The third kappa shape index (κ3) is 4.17. The molecule has 0 atom stereocenters. The van der Waals surface area contributed by atoms with Crippen LogP contribution in [0.3, 0.4) is 0 Å². The monoisotopic (exact) mass is 333 g/mol. The zero-order valence-electron chi connectivity index (χ0n) is 14.2. The summed E-state index contributed by atoms with van der Waals surface area (Å²) in [4.78, 5) is 24.7. The Kier molecular flexibility index (Phi) is 4.99. The molecule has 3 aromatic rings.